The second-order valence-corrected chi connectivity index (χ2v) is 4.38. The molecule has 1 unspecified atom stereocenters. The average Bonchev–Trinajstić information content (AvgIpc) is 2.69. The number of nitrogens with zero attached hydrogens (tertiary/aromatic N) is 1. The van der Waals surface area contributed by atoms with Gasteiger partial charge in [-0.1, -0.05) is 0 Å². The van der Waals surface area contributed by atoms with Gasteiger partial charge >= 0.3 is 0 Å². The van der Waals surface area contributed by atoms with Crippen LogP contribution in [0.2, 0.25) is 0 Å². The van der Waals surface area contributed by atoms with Crippen LogP contribution >= 0.6 is 11.6 Å². The smallest absolute Gasteiger partial charge is 0.0601 e. The summed E-state index contributed by atoms with van der Waals surface area (Å²) in [6.45, 7) is 3.97. The average molecular weight is 236 g/mol. The van der Waals surface area contributed by atoms with Crippen LogP contribution in [0.1, 0.15) is 25.7 Å². The number of halogens is 1. The van der Waals surface area contributed by atoms with Gasteiger partial charge in [-0.2, -0.15) is 0 Å². The molecule has 15 heavy (non-hydrogen) atoms. The Bertz CT molecular complexity index is 158. The lowest BCUT2D eigenvalue weighted by molar-refractivity contribution is 0.117. The Labute approximate surface area is 97.4 Å². The number of aliphatic hydroxyl groups is 1. The third-order valence-electron chi connectivity index (χ3n) is 2.92. The molecule has 1 rings (SSSR count). The first-order valence-corrected chi connectivity index (χ1v) is 6.40. The Kier molecular flexibility index (Phi) is 7.36. The normalized spacial score (nSPS) is 22.4. The second kappa shape index (κ2) is 8.34. The molecule has 1 aliphatic rings. The van der Waals surface area contributed by atoms with Crippen molar-refractivity contribution >= 4 is 11.6 Å². The van der Waals surface area contributed by atoms with Gasteiger partial charge in [0.25, 0.3) is 0 Å². The van der Waals surface area contributed by atoms with Crippen LogP contribution in [0.4, 0.5) is 0 Å². The molecule has 90 valence electrons. The zero-order valence-electron chi connectivity index (χ0n) is 9.33. The van der Waals surface area contributed by atoms with E-state index < -0.39 is 0 Å². The molecule has 1 saturated heterocycles. The van der Waals surface area contributed by atoms with Crippen molar-refractivity contribution < 1.29 is 9.84 Å². The van der Waals surface area contributed by atoms with Crippen molar-refractivity contribution in [1.29, 1.82) is 0 Å². The van der Waals surface area contributed by atoms with Gasteiger partial charge in [0.15, 0.2) is 0 Å². The summed E-state index contributed by atoms with van der Waals surface area (Å²) in [5.74, 6) is 0.582. The quantitative estimate of drug-likeness (QED) is 0.511. The lowest BCUT2D eigenvalue weighted by Crippen LogP contribution is -2.31. The third kappa shape index (κ3) is 5.16. The van der Waals surface area contributed by atoms with E-state index in [1.165, 1.54) is 19.4 Å². The molecule has 1 fully saturated rings. The van der Waals surface area contributed by atoms with E-state index in [1.807, 2.05) is 0 Å². The molecule has 4 heteroatoms. The van der Waals surface area contributed by atoms with Crippen molar-refractivity contribution in [2.24, 2.45) is 0 Å². The topological polar surface area (TPSA) is 32.7 Å². The molecule has 0 radical (unpaired) electrons. The van der Waals surface area contributed by atoms with Crippen LogP contribution in [0.25, 0.3) is 0 Å². The van der Waals surface area contributed by atoms with Crippen molar-refractivity contribution in [3.05, 3.63) is 0 Å². The van der Waals surface area contributed by atoms with E-state index in [4.69, 9.17) is 21.4 Å². The minimum Gasteiger partial charge on any atom is -0.396 e. The van der Waals surface area contributed by atoms with Crippen LogP contribution in [0, 0.1) is 0 Å². The van der Waals surface area contributed by atoms with Gasteiger partial charge in [0.05, 0.1) is 6.61 Å². The molecular weight excluding hydrogens is 214 g/mol. The van der Waals surface area contributed by atoms with Crippen LogP contribution in [0.5, 0.6) is 0 Å². The summed E-state index contributed by atoms with van der Waals surface area (Å²) in [7, 11) is 0. The lowest BCUT2D eigenvalue weighted by Gasteiger charge is -2.23. The highest BCUT2D eigenvalue weighted by Crippen LogP contribution is 2.19. The van der Waals surface area contributed by atoms with Crippen molar-refractivity contribution in [3.8, 4) is 0 Å². The molecule has 0 aromatic carbocycles. The maximum Gasteiger partial charge on any atom is 0.0601 e. The Hall–Kier alpha value is 0.170. The lowest BCUT2D eigenvalue weighted by atomic mass is 10.1. The summed E-state index contributed by atoms with van der Waals surface area (Å²) in [5.41, 5.74) is 0. The maximum atomic E-state index is 8.79. The molecule has 0 aromatic heterocycles. The monoisotopic (exact) mass is 235 g/mol. The molecular formula is C11H22ClNO2. The fourth-order valence-corrected chi connectivity index (χ4v) is 2.28. The molecule has 1 atom stereocenters. The zero-order chi connectivity index (χ0) is 10.9. The summed E-state index contributed by atoms with van der Waals surface area (Å²) in [4.78, 5) is 2.47. The van der Waals surface area contributed by atoms with Crippen LogP contribution in [-0.2, 0) is 4.74 Å². The first kappa shape index (κ1) is 13.2. The highest BCUT2D eigenvalue weighted by atomic mass is 35.5. The molecule has 0 spiro atoms. The van der Waals surface area contributed by atoms with Crippen LogP contribution in [-0.4, -0.2) is 54.8 Å². The molecule has 1 aliphatic heterocycles. The highest BCUT2D eigenvalue weighted by Gasteiger charge is 2.23. The summed E-state index contributed by atoms with van der Waals surface area (Å²) in [6, 6.07) is 0.659. The largest absolute Gasteiger partial charge is 0.396 e. The van der Waals surface area contributed by atoms with E-state index in [0.29, 0.717) is 25.1 Å². The minimum absolute atomic E-state index is 0.298. The Morgan fingerprint density at radius 1 is 1.40 bits per heavy atom. The standard InChI is InChI=1S/C11H22ClNO2/c12-5-10-15-9-4-11-3-1-6-13(11)7-2-8-14/h11,14H,1-10H2. The molecule has 1 N–H and O–H groups in total. The van der Waals surface area contributed by atoms with E-state index in [-0.39, 0.29) is 0 Å². The van der Waals surface area contributed by atoms with Gasteiger partial charge in [0, 0.05) is 31.7 Å². The molecule has 0 aromatic rings. The van der Waals surface area contributed by atoms with E-state index in [9.17, 15) is 0 Å². The number of rotatable bonds is 8. The maximum absolute atomic E-state index is 8.79. The Morgan fingerprint density at radius 3 is 3.00 bits per heavy atom. The minimum atomic E-state index is 0.298. The van der Waals surface area contributed by atoms with E-state index >= 15 is 0 Å². The molecule has 3 nitrogen and oxygen atoms in total. The second-order valence-electron chi connectivity index (χ2n) is 4.00. The highest BCUT2D eigenvalue weighted by molar-refractivity contribution is 6.17. The van der Waals surface area contributed by atoms with E-state index in [1.54, 1.807) is 0 Å². The molecule has 0 saturated carbocycles. The first-order valence-electron chi connectivity index (χ1n) is 5.87. The van der Waals surface area contributed by atoms with Gasteiger partial charge in [-0.3, -0.25) is 0 Å². The van der Waals surface area contributed by atoms with Gasteiger partial charge < -0.3 is 14.7 Å². The summed E-state index contributed by atoms with van der Waals surface area (Å²) >= 11 is 5.53. The van der Waals surface area contributed by atoms with Crippen LogP contribution < -0.4 is 0 Å². The number of ether oxygens (including phenoxy) is 1. The number of aliphatic hydroxyl groups excluding tert-OH is 1. The van der Waals surface area contributed by atoms with Gasteiger partial charge in [-0.05, 0) is 32.2 Å². The number of hydrogen-bond donors (Lipinski definition) is 1. The third-order valence-corrected chi connectivity index (χ3v) is 3.07. The molecule has 0 aliphatic carbocycles. The molecule has 0 amide bonds. The Morgan fingerprint density at radius 2 is 2.27 bits per heavy atom. The first-order chi connectivity index (χ1) is 7.38. The van der Waals surface area contributed by atoms with E-state index in [2.05, 4.69) is 4.90 Å². The number of likely N-dealkylation sites (tertiary alicyclic amines) is 1. The van der Waals surface area contributed by atoms with Gasteiger partial charge in [-0.25, -0.2) is 0 Å². The summed E-state index contributed by atoms with van der Waals surface area (Å²) in [5, 5.41) is 8.79. The zero-order valence-corrected chi connectivity index (χ0v) is 10.1. The van der Waals surface area contributed by atoms with Crippen LogP contribution in [0.3, 0.4) is 0 Å². The van der Waals surface area contributed by atoms with Crippen molar-refractivity contribution in [2.45, 2.75) is 31.7 Å². The van der Waals surface area contributed by atoms with E-state index in [0.717, 1.165) is 26.0 Å². The fourth-order valence-electron chi connectivity index (χ4n) is 2.17. The molecule has 0 bridgehead atoms. The summed E-state index contributed by atoms with van der Waals surface area (Å²) in [6.07, 6.45) is 4.54. The summed E-state index contributed by atoms with van der Waals surface area (Å²) < 4.78 is 5.39. The SMILES string of the molecule is OCCCN1CCCC1CCOCCCl. The fraction of sp³-hybridized carbons (Fsp3) is 1.00. The predicted octanol–water partition coefficient (Wildman–Crippen LogP) is 1.48. The Balaban J connectivity index is 2.09. The van der Waals surface area contributed by atoms with Crippen molar-refractivity contribution in [2.75, 3.05) is 38.8 Å². The van der Waals surface area contributed by atoms with Gasteiger partial charge in [0.2, 0.25) is 0 Å². The predicted molar refractivity (Wildman–Crippen MR) is 62.5 cm³/mol. The molecule has 1 heterocycles. The van der Waals surface area contributed by atoms with Crippen molar-refractivity contribution in [3.63, 3.8) is 0 Å². The van der Waals surface area contributed by atoms with Gasteiger partial charge in [-0.15, -0.1) is 11.6 Å². The van der Waals surface area contributed by atoms with Gasteiger partial charge in [0.1, 0.15) is 0 Å². The van der Waals surface area contributed by atoms with Crippen molar-refractivity contribution in [1.82, 2.24) is 4.90 Å². The number of alkyl halides is 1. The van der Waals surface area contributed by atoms with Crippen LogP contribution in [0.15, 0.2) is 0 Å². The number of hydrogen-bond acceptors (Lipinski definition) is 3.